The third-order valence-electron chi connectivity index (χ3n) is 3.88. The van der Waals surface area contributed by atoms with Crippen LogP contribution in [0.2, 0.25) is 0 Å². The van der Waals surface area contributed by atoms with Gasteiger partial charge in [0, 0.05) is 12.6 Å². The molecule has 2 rings (SSSR count). The molecule has 2 heteroatoms. The number of benzene rings is 1. The Bertz CT molecular complexity index is 367. The minimum absolute atomic E-state index is 0.692. The molecular formula is C16H26N2. The first kappa shape index (κ1) is 13.6. The molecular weight excluding hydrogens is 220 g/mol. The van der Waals surface area contributed by atoms with Crippen LogP contribution in [0.5, 0.6) is 0 Å². The fourth-order valence-corrected chi connectivity index (χ4v) is 2.67. The van der Waals surface area contributed by atoms with Crippen molar-refractivity contribution in [2.75, 3.05) is 19.6 Å². The van der Waals surface area contributed by atoms with Crippen molar-refractivity contribution >= 4 is 0 Å². The highest BCUT2D eigenvalue weighted by molar-refractivity contribution is 5.30. The smallest absolute Gasteiger partial charge is 0.0192 e. The highest BCUT2D eigenvalue weighted by atomic mass is 15.0. The van der Waals surface area contributed by atoms with Crippen LogP contribution in [0, 0.1) is 13.8 Å². The van der Waals surface area contributed by atoms with E-state index in [1.165, 1.54) is 42.5 Å². The molecule has 1 aliphatic rings. The van der Waals surface area contributed by atoms with Crippen LogP contribution in [0.4, 0.5) is 0 Å². The Morgan fingerprint density at radius 1 is 1.28 bits per heavy atom. The maximum absolute atomic E-state index is 3.59. The van der Waals surface area contributed by atoms with Crippen molar-refractivity contribution in [3.05, 3.63) is 34.9 Å². The normalized spacial score (nSPS) is 20.0. The van der Waals surface area contributed by atoms with Gasteiger partial charge in [0.1, 0.15) is 0 Å². The van der Waals surface area contributed by atoms with Gasteiger partial charge in [-0.3, -0.25) is 0 Å². The first-order valence-electron chi connectivity index (χ1n) is 7.26. The van der Waals surface area contributed by atoms with Crippen molar-refractivity contribution in [3.8, 4) is 0 Å². The molecule has 0 aromatic heterocycles. The second-order valence-corrected chi connectivity index (χ2v) is 5.53. The lowest BCUT2D eigenvalue weighted by atomic mass is 10.0. The van der Waals surface area contributed by atoms with Crippen LogP contribution >= 0.6 is 0 Å². The molecule has 1 heterocycles. The van der Waals surface area contributed by atoms with Crippen LogP contribution in [0.25, 0.3) is 0 Å². The van der Waals surface area contributed by atoms with E-state index in [2.05, 4.69) is 42.7 Å². The maximum atomic E-state index is 3.59. The summed E-state index contributed by atoms with van der Waals surface area (Å²) >= 11 is 0. The fourth-order valence-electron chi connectivity index (χ4n) is 2.67. The van der Waals surface area contributed by atoms with E-state index in [-0.39, 0.29) is 0 Å². The molecule has 2 nitrogen and oxygen atoms in total. The quantitative estimate of drug-likeness (QED) is 0.780. The molecule has 2 N–H and O–H groups in total. The Balaban J connectivity index is 1.69. The van der Waals surface area contributed by atoms with Gasteiger partial charge in [0.2, 0.25) is 0 Å². The predicted molar refractivity (Wildman–Crippen MR) is 78.1 cm³/mol. The molecule has 0 bridgehead atoms. The van der Waals surface area contributed by atoms with Crippen molar-refractivity contribution < 1.29 is 0 Å². The summed E-state index contributed by atoms with van der Waals surface area (Å²) in [6.07, 6.45) is 5.20. The third-order valence-corrected chi connectivity index (χ3v) is 3.88. The van der Waals surface area contributed by atoms with Crippen LogP contribution in [-0.2, 0) is 6.42 Å². The highest BCUT2D eigenvalue weighted by Gasteiger charge is 2.11. The molecule has 0 spiro atoms. The van der Waals surface area contributed by atoms with Gasteiger partial charge in [0.15, 0.2) is 0 Å². The minimum Gasteiger partial charge on any atom is -0.315 e. The van der Waals surface area contributed by atoms with E-state index in [0.717, 1.165) is 19.5 Å². The lowest BCUT2D eigenvalue weighted by Gasteiger charge is -2.23. The summed E-state index contributed by atoms with van der Waals surface area (Å²) in [4.78, 5) is 0. The zero-order chi connectivity index (χ0) is 12.8. The summed E-state index contributed by atoms with van der Waals surface area (Å²) in [5.41, 5.74) is 4.27. The molecule has 1 aromatic rings. The van der Waals surface area contributed by atoms with Crippen molar-refractivity contribution in [1.82, 2.24) is 10.6 Å². The van der Waals surface area contributed by atoms with Crippen LogP contribution < -0.4 is 10.6 Å². The average Bonchev–Trinajstić information content (AvgIpc) is 2.40. The summed E-state index contributed by atoms with van der Waals surface area (Å²) in [6.45, 7) is 7.77. The first-order valence-corrected chi connectivity index (χ1v) is 7.26. The Kier molecular flexibility index (Phi) is 5.21. The van der Waals surface area contributed by atoms with E-state index in [0.29, 0.717) is 6.04 Å². The van der Waals surface area contributed by atoms with Crippen LogP contribution in [0.3, 0.4) is 0 Å². The molecule has 1 aromatic carbocycles. The molecule has 1 unspecified atom stereocenters. The lowest BCUT2D eigenvalue weighted by Crippen LogP contribution is -2.42. The molecule has 18 heavy (non-hydrogen) atoms. The summed E-state index contributed by atoms with van der Waals surface area (Å²) in [6, 6.07) is 7.43. The summed E-state index contributed by atoms with van der Waals surface area (Å²) < 4.78 is 0. The second kappa shape index (κ2) is 6.91. The third kappa shape index (κ3) is 4.11. The molecule has 0 amide bonds. The average molecular weight is 246 g/mol. The standard InChI is InChI=1S/C16H26N2/c1-13-6-7-14(2)15(11-13)8-10-17-12-16-5-3-4-9-18-16/h6-7,11,16-18H,3-5,8-10,12H2,1-2H3. The van der Waals surface area contributed by atoms with Crippen LogP contribution in [-0.4, -0.2) is 25.7 Å². The predicted octanol–water partition coefficient (Wildman–Crippen LogP) is 2.58. The van der Waals surface area contributed by atoms with Crippen LogP contribution in [0.1, 0.15) is 36.0 Å². The van der Waals surface area contributed by atoms with Crippen molar-refractivity contribution in [1.29, 1.82) is 0 Å². The number of nitrogens with one attached hydrogen (secondary N) is 2. The maximum Gasteiger partial charge on any atom is 0.0192 e. The Morgan fingerprint density at radius 3 is 2.94 bits per heavy atom. The molecule has 0 saturated carbocycles. The number of hydrogen-bond acceptors (Lipinski definition) is 2. The van der Waals surface area contributed by atoms with Gasteiger partial charge in [-0.1, -0.05) is 30.2 Å². The van der Waals surface area contributed by atoms with Gasteiger partial charge < -0.3 is 10.6 Å². The second-order valence-electron chi connectivity index (χ2n) is 5.53. The van der Waals surface area contributed by atoms with Crippen molar-refractivity contribution in [2.45, 2.75) is 45.6 Å². The van der Waals surface area contributed by atoms with E-state index < -0.39 is 0 Å². The van der Waals surface area contributed by atoms with E-state index in [9.17, 15) is 0 Å². The molecule has 1 atom stereocenters. The number of rotatable bonds is 5. The van der Waals surface area contributed by atoms with E-state index in [4.69, 9.17) is 0 Å². The van der Waals surface area contributed by atoms with Gasteiger partial charge in [0.05, 0.1) is 0 Å². The van der Waals surface area contributed by atoms with E-state index in [1.54, 1.807) is 0 Å². The monoisotopic (exact) mass is 246 g/mol. The zero-order valence-corrected chi connectivity index (χ0v) is 11.8. The largest absolute Gasteiger partial charge is 0.315 e. The summed E-state index contributed by atoms with van der Waals surface area (Å²) in [7, 11) is 0. The molecule has 0 radical (unpaired) electrons. The van der Waals surface area contributed by atoms with E-state index >= 15 is 0 Å². The lowest BCUT2D eigenvalue weighted by molar-refractivity contribution is 0.384. The minimum atomic E-state index is 0.692. The van der Waals surface area contributed by atoms with E-state index in [1.807, 2.05) is 0 Å². The van der Waals surface area contributed by atoms with Gasteiger partial charge in [-0.2, -0.15) is 0 Å². The Hall–Kier alpha value is -0.860. The number of hydrogen-bond donors (Lipinski definition) is 2. The number of aryl methyl sites for hydroxylation is 2. The molecule has 1 aliphatic heterocycles. The summed E-state index contributed by atoms with van der Waals surface area (Å²) in [5.74, 6) is 0. The summed E-state index contributed by atoms with van der Waals surface area (Å²) in [5, 5.41) is 7.16. The van der Waals surface area contributed by atoms with Gasteiger partial charge in [-0.25, -0.2) is 0 Å². The van der Waals surface area contributed by atoms with Crippen LogP contribution in [0.15, 0.2) is 18.2 Å². The van der Waals surface area contributed by atoms with Gasteiger partial charge in [-0.05, 0) is 57.3 Å². The first-order chi connectivity index (χ1) is 8.75. The topological polar surface area (TPSA) is 24.1 Å². The number of piperidine rings is 1. The van der Waals surface area contributed by atoms with Gasteiger partial charge >= 0.3 is 0 Å². The SMILES string of the molecule is Cc1ccc(C)c(CCNCC2CCCCN2)c1. The molecule has 1 fully saturated rings. The molecule has 100 valence electrons. The fraction of sp³-hybridized carbons (Fsp3) is 0.625. The molecule has 0 aliphatic carbocycles. The Labute approximate surface area is 111 Å². The van der Waals surface area contributed by atoms with Gasteiger partial charge in [0.25, 0.3) is 0 Å². The highest BCUT2D eigenvalue weighted by Crippen LogP contribution is 2.11. The van der Waals surface area contributed by atoms with Crippen molar-refractivity contribution in [3.63, 3.8) is 0 Å². The molecule has 1 saturated heterocycles. The Morgan fingerprint density at radius 2 is 2.17 bits per heavy atom. The van der Waals surface area contributed by atoms with Gasteiger partial charge in [-0.15, -0.1) is 0 Å². The van der Waals surface area contributed by atoms with Crippen molar-refractivity contribution in [2.24, 2.45) is 0 Å². The zero-order valence-electron chi connectivity index (χ0n) is 11.8.